The number of rotatable bonds is 5. The maximum atomic E-state index is 12.6. The zero-order chi connectivity index (χ0) is 20.4. The Kier molecular flexibility index (Phi) is 4.78. The molecule has 1 aliphatic heterocycles. The number of allylic oxidation sites excluding steroid dienone is 1. The van der Waals surface area contributed by atoms with Gasteiger partial charge in [-0.05, 0) is 48.0 Å². The molecule has 2 aromatic carbocycles. The number of benzene rings is 2. The highest BCUT2D eigenvalue weighted by atomic mass is 16.5. The molecule has 2 heterocycles. The predicted octanol–water partition coefficient (Wildman–Crippen LogP) is 4.13. The molecule has 7 nitrogen and oxygen atoms in total. The standard InChI is InChI=1S/C22H16O7/c1-25-16-8-5-13(10-19(16)26-2)11-20-21(23)15-7-6-14(12-18(15)29-20)28-22(24)17-4-3-9-27-17/h3-12H,1-2H3/b20-11+. The number of hydrogen-bond donors (Lipinski definition) is 0. The van der Waals surface area contributed by atoms with E-state index in [1.165, 1.54) is 31.6 Å². The van der Waals surface area contributed by atoms with Gasteiger partial charge in [-0.3, -0.25) is 4.79 Å². The van der Waals surface area contributed by atoms with Crippen molar-refractivity contribution in [2.45, 2.75) is 0 Å². The van der Waals surface area contributed by atoms with Gasteiger partial charge in [0, 0.05) is 6.07 Å². The predicted molar refractivity (Wildman–Crippen MR) is 103 cm³/mol. The van der Waals surface area contributed by atoms with E-state index in [0.717, 1.165) is 0 Å². The van der Waals surface area contributed by atoms with Crippen molar-refractivity contribution in [2.75, 3.05) is 14.2 Å². The van der Waals surface area contributed by atoms with Gasteiger partial charge < -0.3 is 23.4 Å². The lowest BCUT2D eigenvalue weighted by Gasteiger charge is -2.08. The molecule has 0 saturated carbocycles. The summed E-state index contributed by atoms with van der Waals surface area (Å²) >= 11 is 0. The van der Waals surface area contributed by atoms with E-state index in [-0.39, 0.29) is 23.1 Å². The Morgan fingerprint density at radius 2 is 1.83 bits per heavy atom. The monoisotopic (exact) mass is 392 g/mol. The van der Waals surface area contributed by atoms with Gasteiger partial charge in [-0.25, -0.2) is 4.79 Å². The van der Waals surface area contributed by atoms with E-state index in [2.05, 4.69) is 0 Å². The molecule has 1 aromatic heterocycles. The summed E-state index contributed by atoms with van der Waals surface area (Å²) in [6.07, 6.45) is 2.99. The summed E-state index contributed by atoms with van der Waals surface area (Å²) in [7, 11) is 3.08. The van der Waals surface area contributed by atoms with Crippen LogP contribution in [0.25, 0.3) is 6.08 Å². The van der Waals surface area contributed by atoms with E-state index < -0.39 is 5.97 Å². The molecule has 3 aromatic rings. The van der Waals surface area contributed by atoms with Crippen LogP contribution < -0.4 is 18.9 Å². The Balaban J connectivity index is 1.57. The fourth-order valence-electron chi connectivity index (χ4n) is 2.88. The third kappa shape index (κ3) is 3.58. The van der Waals surface area contributed by atoms with Crippen molar-refractivity contribution in [3.63, 3.8) is 0 Å². The number of esters is 1. The number of Topliss-reactive ketones (excluding diaryl/α,β-unsaturated/α-hetero) is 1. The van der Waals surface area contributed by atoms with Crippen molar-refractivity contribution >= 4 is 17.8 Å². The second-order valence-corrected chi connectivity index (χ2v) is 6.08. The van der Waals surface area contributed by atoms with Gasteiger partial charge in [0.15, 0.2) is 17.3 Å². The van der Waals surface area contributed by atoms with Gasteiger partial charge in [0.05, 0.1) is 26.0 Å². The number of carbonyl (C=O) groups excluding carboxylic acids is 2. The number of carbonyl (C=O) groups is 2. The molecule has 146 valence electrons. The number of fused-ring (bicyclic) bond motifs is 1. The Labute approximate surface area is 166 Å². The maximum Gasteiger partial charge on any atom is 0.379 e. The first-order chi connectivity index (χ1) is 14.1. The molecule has 0 unspecified atom stereocenters. The fraction of sp³-hybridized carbons (Fsp3) is 0.0909. The fourth-order valence-corrected chi connectivity index (χ4v) is 2.88. The Morgan fingerprint density at radius 3 is 2.55 bits per heavy atom. The van der Waals surface area contributed by atoms with Crippen LogP contribution in [-0.2, 0) is 0 Å². The van der Waals surface area contributed by atoms with E-state index in [4.69, 9.17) is 23.4 Å². The maximum absolute atomic E-state index is 12.6. The zero-order valence-corrected chi connectivity index (χ0v) is 15.6. The highest BCUT2D eigenvalue weighted by Crippen LogP contribution is 2.36. The van der Waals surface area contributed by atoms with Crippen molar-refractivity contribution < 1.29 is 33.0 Å². The van der Waals surface area contributed by atoms with Crippen molar-refractivity contribution in [3.05, 3.63) is 77.4 Å². The summed E-state index contributed by atoms with van der Waals surface area (Å²) in [6.45, 7) is 0. The minimum atomic E-state index is -0.639. The van der Waals surface area contributed by atoms with Crippen molar-refractivity contribution in [1.29, 1.82) is 0 Å². The molecular formula is C22H16O7. The van der Waals surface area contributed by atoms with Gasteiger partial charge in [-0.2, -0.15) is 0 Å². The van der Waals surface area contributed by atoms with E-state index in [1.54, 1.807) is 43.5 Å². The second kappa shape index (κ2) is 7.55. The first-order valence-electron chi connectivity index (χ1n) is 8.65. The molecule has 0 saturated heterocycles. The number of ketones is 1. The van der Waals surface area contributed by atoms with E-state index >= 15 is 0 Å². The van der Waals surface area contributed by atoms with Crippen LogP contribution in [0.3, 0.4) is 0 Å². The average molecular weight is 392 g/mol. The van der Waals surface area contributed by atoms with Crippen LogP contribution in [0.5, 0.6) is 23.0 Å². The van der Waals surface area contributed by atoms with Crippen molar-refractivity contribution in [2.24, 2.45) is 0 Å². The lowest BCUT2D eigenvalue weighted by atomic mass is 10.1. The topological polar surface area (TPSA) is 84.2 Å². The lowest BCUT2D eigenvalue weighted by molar-refractivity contribution is 0.0701. The van der Waals surface area contributed by atoms with Crippen molar-refractivity contribution in [3.8, 4) is 23.0 Å². The largest absolute Gasteiger partial charge is 0.493 e. The van der Waals surface area contributed by atoms with E-state index in [1.807, 2.05) is 0 Å². The first kappa shape index (κ1) is 18.4. The highest BCUT2D eigenvalue weighted by molar-refractivity contribution is 6.14. The van der Waals surface area contributed by atoms with Gasteiger partial charge in [0.1, 0.15) is 11.5 Å². The Hall–Kier alpha value is -4.00. The minimum absolute atomic E-state index is 0.0801. The summed E-state index contributed by atoms with van der Waals surface area (Å²) in [5.74, 6) is 1.01. The smallest absolute Gasteiger partial charge is 0.379 e. The molecule has 0 amide bonds. The summed E-state index contributed by atoms with van der Waals surface area (Å²) in [6, 6.07) is 12.9. The van der Waals surface area contributed by atoms with Crippen LogP contribution >= 0.6 is 0 Å². The van der Waals surface area contributed by atoms with Gasteiger partial charge >= 0.3 is 5.97 Å². The summed E-state index contributed by atoms with van der Waals surface area (Å²) in [4.78, 5) is 24.6. The minimum Gasteiger partial charge on any atom is -0.493 e. The summed E-state index contributed by atoms with van der Waals surface area (Å²) in [5, 5.41) is 0. The average Bonchev–Trinajstić information content (AvgIpc) is 3.37. The SMILES string of the molecule is COc1ccc(/C=C2/Oc3cc(OC(=O)c4ccco4)ccc3C2=O)cc1OC. The summed E-state index contributed by atoms with van der Waals surface area (Å²) in [5.41, 5.74) is 1.10. The van der Waals surface area contributed by atoms with Crippen LogP contribution in [0.2, 0.25) is 0 Å². The molecule has 0 radical (unpaired) electrons. The molecular weight excluding hydrogens is 376 g/mol. The van der Waals surface area contributed by atoms with E-state index in [9.17, 15) is 9.59 Å². The van der Waals surface area contributed by atoms with Crippen LogP contribution in [-0.4, -0.2) is 26.0 Å². The third-order valence-electron chi connectivity index (χ3n) is 4.28. The van der Waals surface area contributed by atoms with Gasteiger partial charge in [0.2, 0.25) is 11.5 Å². The number of methoxy groups -OCH3 is 2. The molecule has 4 rings (SSSR count). The molecule has 1 aliphatic rings. The van der Waals surface area contributed by atoms with Gasteiger partial charge in [-0.1, -0.05) is 6.07 Å². The third-order valence-corrected chi connectivity index (χ3v) is 4.28. The second-order valence-electron chi connectivity index (χ2n) is 6.08. The first-order valence-corrected chi connectivity index (χ1v) is 8.65. The van der Waals surface area contributed by atoms with Crippen LogP contribution in [0.4, 0.5) is 0 Å². The van der Waals surface area contributed by atoms with Gasteiger partial charge in [0.25, 0.3) is 0 Å². The molecule has 0 bridgehead atoms. The normalized spacial score (nSPS) is 13.7. The van der Waals surface area contributed by atoms with Crippen LogP contribution in [0.15, 0.2) is 65.0 Å². The zero-order valence-electron chi connectivity index (χ0n) is 15.6. The Morgan fingerprint density at radius 1 is 1.00 bits per heavy atom. The number of furan rings is 1. The molecule has 0 atom stereocenters. The molecule has 7 heteroatoms. The highest BCUT2D eigenvalue weighted by Gasteiger charge is 2.28. The molecule has 0 fully saturated rings. The summed E-state index contributed by atoms with van der Waals surface area (Å²) < 4.78 is 26.4. The van der Waals surface area contributed by atoms with Crippen LogP contribution in [0.1, 0.15) is 26.5 Å². The molecule has 0 spiro atoms. The molecule has 29 heavy (non-hydrogen) atoms. The Bertz CT molecular complexity index is 1110. The number of hydrogen-bond acceptors (Lipinski definition) is 7. The van der Waals surface area contributed by atoms with Crippen molar-refractivity contribution in [1.82, 2.24) is 0 Å². The van der Waals surface area contributed by atoms with E-state index in [0.29, 0.717) is 28.4 Å². The van der Waals surface area contributed by atoms with Crippen LogP contribution in [0, 0.1) is 0 Å². The molecule has 0 N–H and O–H groups in total. The lowest BCUT2D eigenvalue weighted by Crippen LogP contribution is -2.07. The van der Waals surface area contributed by atoms with Gasteiger partial charge in [-0.15, -0.1) is 0 Å². The number of ether oxygens (including phenoxy) is 4. The quantitative estimate of drug-likeness (QED) is 0.367. The molecule has 0 aliphatic carbocycles.